The van der Waals surface area contributed by atoms with Crippen molar-refractivity contribution in [2.75, 3.05) is 65.3 Å². The molecule has 0 unspecified atom stereocenters. The van der Waals surface area contributed by atoms with E-state index in [2.05, 4.69) is 5.32 Å². The van der Waals surface area contributed by atoms with Gasteiger partial charge in [0.2, 0.25) is 5.91 Å². The molecule has 1 saturated heterocycles. The zero-order chi connectivity index (χ0) is 19.8. The molecule has 1 aromatic rings. The van der Waals surface area contributed by atoms with Crippen LogP contribution in [0.5, 0.6) is 11.5 Å². The normalized spacial score (nSPS) is 14.6. The van der Waals surface area contributed by atoms with E-state index in [9.17, 15) is 9.59 Å². The Morgan fingerprint density at radius 1 is 1.07 bits per heavy atom. The number of nitrogens with zero attached hydrogens (tertiary/aromatic N) is 3. The Labute approximate surface area is 161 Å². The molecule has 0 bridgehead atoms. The first kappa shape index (κ1) is 20.8. The Morgan fingerprint density at radius 3 is 2.33 bits per heavy atom. The van der Waals surface area contributed by atoms with Crippen LogP contribution < -0.4 is 14.8 Å². The zero-order valence-corrected chi connectivity index (χ0v) is 16.7. The molecule has 0 atom stereocenters. The Morgan fingerprint density at radius 2 is 1.74 bits per heavy atom. The third kappa shape index (κ3) is 6.02. The van der Waals surface area contributed by atoms with E-state index >= 15 is 0 Å². The summed E-state index contributed by atoms with van der Waals surface area (Å²) < 4.78 is 11.1. The molecule has 0 aromatic heterocycles. The highest BCUT2D eigenvalue weighted by molar-refractivity contribution is 5.94. The van der Waals surface area contributed by atoms with Crippen molar-refractivity contribution in [1.29, 1.82) is 0 Å². The van der Waals surface area contributed by atoms with Crippen LogP contribution in [0.2, 0.25) is 0 Å². The summed E-state index contributed by atoms with van der Waals surface area (Å²) in [7, 11) is 3.49. The quantitative estimate of drug-likeness (QED) is 0.782. The summed E-state index contributed by atoms with van der Waals surface area (Å²) in [5.74, 6) is 1.19. The van der Waals surface area contributed by atoms with Gasteiger partial charge in [-0.25, -0.2) is 4.79 Å². The van der Waals surface area contributed by atoms with E-state index in [0.717, 1.165) is 0 Å². The van der Waals surface area contributed by atoms with Crippen LogP contribution in [0, 0.1) is 0 Å². The van der Waals surface area contributed by atoms with Gasteiger partial charge in [0.05, 0.1) is 25.4 Å². The number of hydrogen-bond acceptors (Lipinski definition) is 5. The monoisotopic (exact) mass is 378 g/mol. The third-order valence-corrected chi connectivity index (χ3v) is 4.23. The minimum atomic E-state index is -0.114. The molecule has 3 amide bonds. The fourth-order valence-corrected chi connectivity index (χ4v) is 2.92. The lowest BCUT2D eigenvalue weighted by Crippen LogP contribution is -2.52. The standard InChI is InChI=1S/C19H30N4O4/c1-5-26-15-7-8-17(27-6-2)16(13-15)20-18(24)14-22-9-11-23(12-10-22)19(25)21(3)4/h7-8,13H,5-6,9-12,14H2,1-4H3,(H,20,24). The molecule has 0 spiro atoms. The van der Waals surface area contributed by atoms with E-state index in [4.69, 9.17) is 9.47 Å². The van der Waals surface area contributed by atoms with E-state index < -0.39 is 0 Å². The molecule has 0 saturated carbocycles. The maximum absolute atomic E-state index is 12.5. The van der Waals surface area contributed by atoms with Crippen LogP contribution >= 0.6 is 0 Å². The fourth-order valence-electron chi connectivity index (χ4n) is 2.92. The minimum absolute atomic E-state index is 0.00759. The molecule has 0 aliphatic carbocycles. The van der Waals surface area contributed by atoms with Crippen molar-refractivity contribution in [2.45, 2.75) is 13.8 Å². The topological polar surface area (TPSA) is 74.4 Å². The number of amides is 3. The highest BCUT2D eigenvalue weighted by Crippen LogP contribution is 2.29. The van der Waals surface area contributed by atoms with Gasteiger partial charge in [0, 0.05) is 46.3 Å². The smallest absolute Gasteiger partial charge is 0.319 e. The number of benzene rings is 1. The van der Waals surface area contributed by atoms with E-state index in [0.29, 0.717) is 56.6 Å². The fraction of sp³-hybridized carbons (Fsp3) is 0.579. The highest BCUT2D eigenvalue weighted by Gasteiger charge is 2.23. The van der Waals surface area contributed by atoms with Crippen molar-refractivity contribution < 1.29 is 19.1 Å². The van der Waals surface area contributed by atoms with Gasteiger partial charge in [0.1, 0.15) is 11.5 Å². The molecule has 2 rings (SSSR count). The number of ether oxygens (including phenoxy) is 2. The van der Waals surface area contributed by atoms with Gasteiger partial charge >= 0.3 is 6.03 Å². The summed E-state index contributed by atoms with van der Waals surface area (Å²) in [4.78, 5) is 29.9. The van der Waals surface area contributed by atoms with Crippen molar-refractivity contribution in [3.05, 3.63) is 18.2 Å². The minimum Gasteiger partial charge on any atom is -0.494 e. The number of carbonyl (C=O) groups excluding carboxylic acids is 2. The Bertz CT molecular complexity index is 643. The first-order chi connectivity index (χ1) is 12.9. The lowest BCUT2D eigenvalue weighted by molar-refractivity contribution is -0.117. The Balaban J connectivity index is 1.92. The summed E-state index contributed by atoms with van der Waals surface area (Å²) in [6.45, 7) is 7.73. The van der Waals surface area contributed by atoms with Crippen LogP contribution in [0.15, 0.2) is 18.2 Å². The summed E-state index contributed by atoms with van der Waals surface area (Å²) >= 11 is 0. The number of piperazine rings is 1. The lowest BCUT2D eigenvalue weighted by Gasteiger charge is -2.35. The first-order valence-electron chi connectivity index (χ1n) is 9.32. The van der Waals surface area contributed by atoms with Crippen molar-refractivity contribution in [2.24, 2.45) is 0 Å². The Kier molecular flexibility index (Phi) is 7.72. The van der Waals surface area contributed by atoms with E-state index in [-0.39, 0.29) is 18.5 Å². The van der Waals surface area contributed by atoms with Crippen molar-refractivity contribution >= 4 is 17.6 Å². The molecule has 1 aliphatic rings. The van der Waals surface area contributed by atoms with E-state index in [1.54, 1.807) is 36.0 Å². The van der Waals surface area contributed by atoms with Gasteiger partial charge in [-0.1, -0.05) is 0 Å². The third-order valence-electron chi connectivity index (χ3n) is 4.23. The SMILES string of the molecule is CCOc1ccc(OCC)c(NC(=O)CN2CCN(C(=O)N(C)C)CC2)c1. The Hall–Kier alpha value is -2.48. The average Bonchev–Trinajstić information content (AvgIpc) is 2.64. The second-order valence-corrected chi connectivity index (χ2v) is 6.51. The molecule has 8 nitrogen and oxygen atoms in total. The zero-order valence-electron chi connectivity index (χ0n) is 16.7. The van der Waals surface area contributed by atoms with Gasteiger partial charge in [0.15, 0.2) is 0 Å². The molecule has 1 aromatic carbocycles. The summed E-state index contributed by atoms with van der Waals surface area (Å²) in [6.07, 6.45) is 0. The lowest BCUT2D eigenvalue weighted by atomic mass is 10.2. The molecule has 1 fully saturated rings. The van der Waals surface area contributed by atoms with Crippen LogP contribution in [-0.2, 0) is 4.79 Å². The molecule has 1 heterocycles. The molecule has 1 N–H and O–H groups in total. The van der Waals surface area contributed by atoms with Crippen LogP contribution in [0.3, 0.4) is 0 Å². The number of urea groups is 1. The molecular formula is C19H30N4O4. The molecule has 8 heteroatoms. The number of hydrogen-bond donors (Lipinski definition) is 1. The van der Waals surface area contributed by atoms with Crippen molar-refractivity contribution in [3.8, 4) is 11.5 Å². The summed E-state index contributed by atoms with van der Waals surface area (Å²) in [5, 5.41) is 2.92. The predicted octanol–water partition coefficient (Wildman–Crippen LogP) is 1.72. The van der Waals surface area contributed by atoms with E-state index in [1.807, 2.05) is 24.8 Å². The van der Waals surface area contributed by atoms with Gasteiger partial charge < -0.3 is 24.6 Å². The molecule has 150 valence electrons. The van der Waals surface area contributed by atoms with Crippen molar-refractivity contribution in [3.63, 3.8) is 0 Å². The van der Waals surface area contributed by atoms with Crippen LogP contribution in [0.1, 0.15) is 13.8 Å². The van der Waals surface area contributed by atoms with Gasteiger partial charge in [-0.3, -0.25) is 9.69 Å². The summed E-state index contributed by atoms with van der Waals surface area (Å²) in [5.41, 5.74) is 0.606. The second kappa shape index (κ2) is 10.0. The van der Waals surface area contributed by atoms with Crippen LogP contribution in [0.25, 0.3) is 0 Å². The molecule has 0 radical (unpaired) electrons. The molecule has 1 aliphatic heterocycles. The molecule has 27 heavy (non-hydrogen) atoms. The maximum atomic E-state index is 12.5. The first-order valence-corrected chi connectivity index (χ1v) is 9.32. The largest absolute Gasteiger partial charge is 0.494 e. The highest BCUT2D eigenvalue weighted by atomic mass is 16.5. The predicted molar refractivity (Wildman–Crippen MR) is 105 cm³/mol. The van der Waals surface area contributed by atoms with Crippen LogP contribution in [0.4, 0.5) is 10.5 Å². The number of nitrogens with one attached hydrogen (secondary N) is 1. The van der Waals surface area contributed by atoms with Gasteiger partial charge in [-0.05, 0) is 26.0 Å². The van der Waals surface area contributed by atoms with E-state index in [1.165, 1.54) is 0 Å². The average molecular weight is 378 g/mol. The van der Waals surface area contributed by atoms with Gasteiger partial charge in [-0.2, -0.15) is 0 Å². The van der Waals surface area contributed by atoms with Gasteiger partial charge in [-0.15, -0.1) is 0 Å². The maximum Gasteiger partial charge on any atom is 0.319 e. The second-order valence-electron chi connectivity index (χ2n) is 6.51. The van der Waals surface area contributed by atoms with Crippen LogP contribution in [-0.4, -0.2) is 86.7 Å². The van der Waals surface area contributed by atoms with Crippen molar-refractivity contribution in [1.82, 2.24) is 14.7 Å². The number of carbonyl (C=O) groups is 2. The summed E-state index contributed by atoms with van der Waals surface area (Å²) in [6, 6.07) is 5.41. The number of rotatable bonds is 7. The number of anilines is 1. The van der Waals surface area contributed by atoms with Gasteiger partial charge in [0.25, 0.3) is 0 Å². The molecular weight excluding hydrogens is 348 g/mol.